The number of aryl methyl sites for hydroxylation is 2. The largest absolute Gasteiger partial charge is 0.497 e. The maximum Gasteiger partial charge on any atom is 0.223 e. The zero-order chi connectivity index (χ0) is 22.3. The van der Waals surface area contributed by atoms with Crippen molar-refractivity contribution in [3.63, 3.8) is 0 Å². The molecule has 4 rings (SSSR count). The first kappa shape index (κ1) is 22.3. The third-order valence-corrected chi connectivity index (χ3v) is 6.45. The maximum absolute atomic E-state index is 12.6. The number of ketones is 1. The summed E-state index contributed by atoms with van der Waals surface area (Å²) in [7, 11) is 1.65. The number of fused-ring (bicyclic) bond motifs is 1. The number of piperazine rings is 1. The Morgan fingerprint density at radius 1 is 0.875 bits per heavy atom. The van der Waals surface area contributed by atoms with Crippen molar-refractivity contribution in [2.45, 2.75) is 32.1 Å². The number of rotatable bonds is 9. The highest BCUT2D eigenvalue weighted by atomic mass is 16.5. The van der Waals surface area contributed by atoms with Crippen LogP contribution >= 0.6 is 0 Å². The number of benzene rings is 2. The second-order valence-electron chi connectivity index (χ2n) is 8.51. The monoisotopic (exact) mass is 436 g/mol. The molecule has 0 saturated carbocycles. The summed E-state index contributed by atoms with van der Waals surface area (Å²) in [6.45, 7) is 4.50. The molecule has 170 valence electrons. The van der Waals surface area contributed by atoms with Crippen molar-refractivity contribution in [2.24, 2.45) is 0 Å². The Balaban J connectivity index is 1.14. The Morgan fingerprint density at radius 3 is 2.34 bits per heavy atom. The van der Waals surface area contributed by atoms with Gasteiger partial charge in [0.2, 0.25) is 5.91 Å². The summed E-state index contributed by atoms with van der Waals surface area (Å²) >= 11 is 0. The average molecular weight is 437 g/mol. The highest BCUT2D eigenvalue weighted by molar-refractivity contribution is 5.98. The van der Waals surface area contributed by atoms with Crippen molar-refractivity contribution < 1.29 is 19.1 Å². The summed E-state index contributed by atoms with van der Waals surface area (Å²) in [6, 6.07) is 13.6. The minimum atomic E-state index is 0.0716. The van der Waals surface area contributed by atoms with Crippen molar-refractivity contribution in [2.75, 3.05) is 46.4 Å². The second-order valence-corrected chi connectivity index (χ2v) is 8.51. The second kappa shape index (κ2) is 10.6. The van der Waals surface area contributed by atoms with Gasteiger partial charge >= 0.3 is 0 Å². The van der Waals surface area contributed by atoms with Crippen LogP contribution in [0.1, 0.15) is 40.7 Å². The van der Waals surface area contributed by atoms with Crippen molar-refractivity contribution >= 4 is 11.7 Å². The molecular weight excluding hydrogens is 404 g/mol. The zero-order valence-electron chi connectivity index (χ0n) is 18.8. The van der Waals surface area contributed by atoms with E-state index in [1.165, 1.54) is 17.5 Å². The average Bonchev–Trinajstić information content (AvgIpc) is 3.31. The quantitative estimate of drug-likeness (QED) is 0.564. The topological polar surface area (TPSA) is 59.1 Å². The molecule has 0 radical (unpaired) electrons. The van der Waals surface area contributed by atoms with Gasteiger partial charge in [0.1, 0.15) is 18.1 Å². The predicted octanol–water partition coefficient (Wildman–Crippen LogP) is 3.37. The molecule has 1 aliphatic heterocycles. The fourth-order valence-corrected chi connectivity index (χ4v) is 4.45. The van der Waals surface area contributed by atoms with E-state index in [1.807, 2.05) is 41.3 Å². The van der Waals surface area contributed by atoms with Gasteiger partial charge in [-0.05, 0) is 60.7 Å². The minimum Gasteiger partial charge on any atom is -0.497 e. The minimum absolute atomic E-state index is 0.0716. The van der Waals surface area contributed by atoms with Gasteiger partial charge in [-0.25, -0.2) is 0 Å². The van der Waals surface area contributed by atoms with Crippen molar-refractivity contribution in [1.82, 2.24) is 9.80 Å². The van der Waals surface area contributed by atoms with E-state index in [0.717, 1.165) is 49.5 Å². The zero-order valence-corrected chi connectivity index (χ0v) is 18.8. The van der Waals surface area contributed by atoms with Crippen LogP contribution in [-0.2, 0) is 17.6 Å². The summed E-state index contributed by atoms with van der Waals surface area (Å²) in [5, 5.41) is 0. The molecule has 2 aromatic carbocycles. The van der Waals surface area contributed by atoms with E-state index in [2.05, 4.69) is 11.0 Å². The number of hydrogen-bond acceptors (Lipinski definition) is 5. The third kappa shape index (κ3) is 5.68. The van der Waals surface area contributed by atoms with Gasteiger partial charge in [0, 0.05) is 51.1 Å². The highest BCUT2D eigenvalue weighted by Crippen LogP contribution is 2.23. The number of amides is 1. The highest BCUT2D eigenvalue weighted by Gasteiger charge is 2.22. The lowest BCUT2D eigenvalue weighted by molar-refractivity contribution is -0.132. The molecule has 0 N–H and O–H groups in total. The van der Waals surface area contributed by atoms with Gasteiger partial charge in [-0.1, -0.05) is 12.1 Å². The van der Waals surface area contributed by atoms with Crippen LogP contribution in [0.25, 0.3) is 0 Å². The molecule has 0 spiro atoms. The number of methoxy groups -OCH3 is 1. The Morgan fingerprint density at radius 2 is 1.59 bits per heavy atom. The van der Waals surface area contributed by atoms with Crippen LogP contribution in [0.15, 0.2) is 42.5 Å². The van der Waals surface area contributed by atoms with Crippen molar-refractivity contribution in [3.05, 3.63) is 59.2 Å². The Bertz CT molecular complexity index is 933. The van der Waals surface area contributed by atoms with Crippen molar-refractivity contribution in [1.29, 1.82) is 0 Å². The molecule has 1 saturated heterocycles. The van der Waals surface area contributed by atoms with E-state index >= 15 is 0 Å². The summed E-state index contributed by atoms with van der Waals surface area (Å²) in [6.07, 6.45) is 3.92. The van der Waals surface area contributed by atoms with Crippen molar-refractivity contribution in [3.8, 4) is 11.5 Å². The molecule has 6 nitrogen and oxygen atoms in total. The summed E-state index contributed by atoms with van der Waals surface area (Å²) in [5.41, 5.74) is 3.42. The molecular formula is C26H32N2O4. The van der Waals surface area contributed by atoms with Gasteiger partial charge in [0.25, 0.3) is 0 Å². The Kier molecular flexibility index (Phi) is 7.43. The van der Waals surface area contributed by atoms with E-state index in [4.69, 9.17) is 9.47 Å². The molecule has 2 aliphatic rings. The molecule has 0 unspecified atom stereocenters. The molecule has 1 heterocycles. The first-order valence-corrected chi connectivity index (χ1v) is 11.5. The molecule has 0 aromatic heterocycles. The maximum atomic E-state index is 12.6. The first-order chi connectivity index (χ1) is 15.6. The van der Waals surface area contributed by atoms with Gasteiger partial charge in [0.05, 0.1) is 7.11 Å². The predicted molar refractivity (Wildman–Crippen MR) is 124 cm³/mol. The van der Waals surface area contributed by atoms with Crippen LogP contribution in [-0.4, -0.2) is 67.9 Å². The summed E-state index contributed by atoms with van der Waals surface area (Å²) < 4.78 is 11.0. The molecule has 1 aliphatic carbocycles. The van der Waals surface area contributed by atoms with E-state index in [-0.39, 0.29) is 24.5 Å². The van der Waals surface area contributed by atoms with Crippen LogP contribution in [0.5, 0.6) is 11.5 Å². The molecule has 1 amide bonds. The fraction of sp³-hybridized carbons (Fsp3) is 0.462. The van der Waals surface area contributed by atoms with Gasteiger partial charge in [-0.2, -0.15) is 0 Å². The molecule has 1 fully saturated rings. The fourth-order valence-electron chi connectivity index (χ4n) is 4.45. The van der Waals surface area contributed by atoms with Gasteiger partial charge < -0.3 is 14.4 Å². The van der Waals surface area contributed by atoms with E-state index in [1.54, 1.807) is 7.11 Å². The van der Waals surface area contributed by atoms with Crippen LogP contribution in [0.2, 0.25) is 0 Å². The number of carbonyl (C=O) groups excluding carboxylic acids is 2. The number of Topliss-reactive ketones (excluding diaryl/α,β-unsaturated/α-hetero) is 1. The number of nitrogens with zero attached hydrogens (tertiary/aromatic N) is 2. The normalized spacial score (nSPS) is 16.0. The lowest BCUT2D eigenvalue weighted by Crippen LogP contribution is -2.49. The van der Waals surface area contributed by atoms with E-state index in [0.29, 0.717) is 19.7 Å². The van der Waals surface area contributed by atoms with Gasteiger partial charge in [0.15, 0.2) is 5.78 Å². The first-order valence-electron chi connectivity index (χ1n) is 11.5. The molecule has 0 atom stereocenters. The SMILES string of the molecule is COc1ccc(OCCN2CCN(C(=O)CCC(=O)c3ccc4c(c3)CCC4)CC2)cc1. The van der Waals surface area contributed by atoms with E-state index < -0.39 is 0 Å². The Hall–Kier alpha value is -2.86. The van der Waals surface area contributed by atoms with Crippen LogP contribution < -0.4 is 9.47 Å². The molecule has 2 aromatic rings. The van der Waals surface area contributed by atoms with E-state index in [9.17, 15) is 9.59 Å². The van der Waals surface area contributed by atoms with Gasteiger partial charge in [-0.15, -0.1) is 0 Å². The van der Waals surface area contributed by atoms with Crippen LogP contribution in [0, 0.1) is 0 Å². The van der Waals surface area contributed by atoms with Gasteiger partial charge in [-0.3, -0.25) is 14.5 Å². The molecule has 6 heteroatoms. The third-order valence-electron chi connectivity index (χ3n) is 6.45. The summed E-state index contributed by atoms with van der Waals surface area (Å²) in [4.78, 5) is 29.3. The van der Waals surface area contributed by atoms with Crippen LogP contribution in [0.4, 0.5) is 0 Å². The number of hydrogen-bond donors (Lipinski definition) is 0. The number of carbonyl (C=O) groups is 2. The van der Waals surface area contributed by atoms with Crippen LogP contribution in [0.3, 0.4) is 0 Å². The molecule has 0 bridgehead atoms. The Labute approximate surface area is 190 Å². The standard InChI is InChI=1S/C26H32N2O4/c1-31-23-7-9-24(10-8-23)32-18-17-27-13-15-28(16-14-27)26(30)12-11-25(29)22-6-5-20-3-2-4-21(20)19-22/h5-10,19H,2-4,11-18H2,1H3. The lowest BCUT2D eigenvalue weighted by Gasteiger charge is -2.34. The summed E-state index contributed by atoms with van der Waals surface area (Å²) in [5.74, 6) is 1.79. The smallest absolute Gasteiger partial charge is 0.223 e. The molecule has 32 heavy (non-hydrogen) atoms. The lowest BCUT2D eigenvalue weighted by atomic mass is 10.0. The number of ether oxygens (including phenoxy) is 2.